The lowest BCUT2D eigenvalue weighted by molar-refractivity contribution is 0.251. The fraction of sp³-hybridized carbons (Fsp3) is 0.0667. The van der Waals surface area contributed by atoms with E-state index in [1.165, 1.54) is 6.07 Å². The second kappa shape index (κ2) is 6.30. The number of nitrogens with one attached hydrogen (secondary N) is 2. The predicted octanol–water partition coefficient (Wildman–Crippen LogP) is 2.17. The summed E-state index contributed by atoms with van der Waals surface area (Å²) >= 11 is 0. The molecule has 0 saturated carbocycles. The van der Waals surface area contributed by atoms with Gasteiger partial charge in [0.15, 0.2) is 0 Å². The van der Waals surface area contributed by atoms with Gasteiger partial charge in [-0.3, -0.25) is 0 Å². The number of benzene rings is 2. The predicted molar refractivity (Wildman–Crippen MR) is 79.5 cm³/mol. The van der Waals surface area contributed by atoms with Gasteiger partial charge in [-0.05, 0) is 36.4 Å². The summed E-state index contributed by atoms with van der Waals surface area (Å²) in [6, 6.07) is 12.8. The zero-order chi connectivity index (χ0) is 15.2. The number of carbonyl (C=O) groups excluding carboxylic acids is 1. The van der Waals surface area contributed by atoms with Crippen molar-refractivity contribution >= 4 is 17.4 Å². The van der Waals surface area contributed by atoms with Gasteiger partial charge in [-0.2, -0.15) is 5.26 Å². The fourth-order valence-corrected chi connectivity index (χ4v) is 1.76. The van der Waals surface area contributed by atoms with Crippen molar-refractivity contribution in [1.29, 1.82) is 5.26 Å². The van der Waals surface area contributed by atoms with Crippen molar-refractivity contribution in [2.75, 3.05) is 11.1 Å². The molecule has 0 aliphatic rings. The number of phenols is 1. The van der Waals surface area contributed by atoms with E-state index >= 15 is 0 Å². The number of nitrogen functional groups attached to an aromatic ring is 1. The van der Waals surface area contributed by atoms with E-state index in [0.29, 0.717) is 22.5 Å². The maximum absolute atomic E-state index is 11.8. The molecule has 0 unspecified atom stereocenters. The number of aromatic hydroxyl groups is 1. The van der Waals surface area contributed by atoms with Crippen molar-refractivity contribution in [2.24, 2.45) is 0 Å². The molecule has 6 nitrogen and oxygen atoms in total. The minimum Gasteiger partial charge on any atom is -0.508 e. The average Bonchev–Trinajstić information content (AvgIpc) is 2.48. The molecule has 0 atom stereocenters. The van der Waals surface area contributed by atoms with E-state index in [-0.39, 0.29) is 12.3 Å². The number of carbonyl (C=O) groups is 1. The van der Waals surface area contributed by atoms with Crippen LogP contribution in [0.25, 0.3) is 0 Å². The zero-order valence-corrected chi connectivity index (χ0v) is 11.1. The molecule has 0 aliphatic carbocycles. The van der Waals surface area contributed by atoms with Crippen LogP contribution in [0, 0.1) is 11.3 Å². The van der Waals surface area contributed by atoms with Crippen LogP contribution in [0.3, 0.4) is 0 Å². The molecule has 0 bridgehead atoms. The average molecular weight is 282 g/mol. The highest BCUT2D eigenvalue weighted by Gasteiger charge is 2.05. The van der Waals surface area contributed by atoms with Gasteiger partial charge in [-0.1, -0.05) is 6.07 Å². The largest absolute Gasteiger partial charge is 0.508 e. The Kier molecular flexibility index (Phi) is 4.26. The molecule has 0 fully saturated rings. The minimum absolute atomic E-state index is 0.0657. The zero-order valence-electron chi connectivity index (χ0n) is 11.1. The lowest BCUT2D eigenvalue weighted by Crippen LogP contribution is -2.28. The summed E-state index contributed by atoms with van der Waals surface area (Å²) in [6.45, 7) is 0.140. The van der Waals surface area contributed by atoms with Crippen molar-refractivity contribution in [2.45, 2.75) is 6.54 Å². The number of hydrogen-bond acceptors (Lipinski definition) is 4. The highest BCUT2D eigenvalue weighted by atomic mass is 16.3. The highest BCUT2D eigenvalue weighted by Crippen LogP contribution is 2.19. The number of phenolic OH excluding ortho intramolecular Hbond substituents is 1. The maximum atomic E-state index is 11.8. The molecule has 5 N–H and O–H groups in total. The normalized spacial score (nSPS) is 9.67. The van der Waals surface area contributed by atoms with Crippen LogP contribution in [0.1, 0.15) is 11.1 Å². The van der Waals surface area contributed by atoms with Crippen LogP contribution in [0.4, 0.5) is 16.2 Å². The van der Waals surface area contributed by atoms with E-state index in [1.807, 2.05) is 6.07 Å². The quantitative estimate of drug-likeness (QED) is 0.510. The smallest absolute Gasteiger partial charge is 0.319 e. The van der Waals surface area contributed by atoms with Gasteiger partial charge in [0.2, 0.25) is 0 Å². The Labute approximate surface area is 121 Å². The van der Waals surface area contributed by atoms with E-state index in [0.717, 1.165) is 0 Å². The minimum atomic E-state index is -0.438. The first kappa shape index (κ1) is 14.2. The first-order valence-corrected chi connectivity index (χ1v) is 6.21. The van der Waals surface area contributed by atoms with Gasteiger partial charge < -0.3 is 21.5 Å². The van der Waals surface area contributed by atoms with Crippen LogP contribution in [0.5, 0.6) is 5.75 Å². The van der Waals surface area contributed by atoms with E-state index in [1.54, 1.807) is 36.4 Å². The Morgan fingerprint density at radius 3 is 2.86 bits per heavy atom. The number of rotatable bonds is 3. The summed E-state index contributed by atoms with van der Waals surface area (Å²) < 4.78 is 0. The summed E-state index contributed by atoms with van der Waals surface area (Å²) in [5, 5.41) is 23.6. The Bertz CT molecular complexity index is 707. The molecule has 0 radical (unpaired) electrons. The van der Waals surface area contributed by atoms with Gasteiger partial charge in [0, 0.05) is 23.5 Å². The van der Waals surface area contributed by atoms with Crippen molar-refractivity contribution in [3.8, 4) is 11.8 Å². The monoisotopic (exact) mass is 282 g/mol. The van der Waals surface area contributed by atoms with Gasteiger partial charge in [0.1, 0.15) is 5.75 Å². The molecule has 0 saturated heterocycles. The molecule has 2 aromatic carbocycles. The van der Waals surface area contributed by atoms with Crippen LogP contribution in [-0.2, 0) is 6.54 Å². The standard InChI is InChI=1S/C15H14N4O2/c16-8-10-2-1-3-13(6-10)19-15(21)18-9-11-7-12(17)4-5-14(11)20/h1-7,20H,9,17H2,(H2,18,19,21). The summed E-state index contributed by atoms with van der Waals surface area (Å²) in [5.41, 5.74) is 7.63. The van der Waals surface area contributed by atoms with Crippen LogP contribution < -0.4 is 16.4 Å². The Balaban J connectivity index is 1.96. The number of nitriles is 1. The Hall–Kier alpha value is -3.20. The lowest BCUT2D eigenvalue weighted by Gasteiger charge is -2.09. The summed E-state index contributed by atoms with van der Waals surface area (Å²) in [5.74, 6) is 0.0657. The van der Waals surface area contributed by atoms with Gasteiger partial charge in [-0.15, -0.1) is 0 Å². The summed E-state index contributed by atoms with van der Waals surface area (Å²) in [4.78, 5) is 11.8. The van der Waals surface area contributed by atoms with Crippen molar-refractivity contribution in [1.82, 2.24) is 5.32 Å². The van der Waals surface area contributed by atoms with Crippen LogP contribution in [0.15, 0.2) is 42.5 Å². The SMILES string of the molecule is N#Cc1cccc(NC(=O)NCc2cc(N)ccc2O)c1. The molecular formula is C15H14N4O2. The molecule has 0 aliphatic heterocycles. The lowest BCUT2D eigenvalue weighted by atomic mass is 10.2. The molecule has 0 heterocycles. The second-order valence-electron chi connectivity index (χ2n) is 4.39. The van der Waals surface area contributed by atoms with Crippen LogP contribution in [-0.4, -0.2) is 11.1 Å². The third-order valence-electron chi connectivity index (χ3n) is 2.79. The van der Waals surface area contributed by atoms with Crippen LogP contribution >= 0.6 is 0 Å². The molecule has 0 spiro atoms. The number of nitrogens with two attached hydrogens (primary N) is 1. The maximum Gasteiger partial charge on any atom is 0.319 e. The number of urea groups is 1. The third kappa shape index (κ3) is 3.88. The number of anilines is 2. The molecule has 106 valence electrons. The molecule has 2 rings (SSSR count). The number of nitrogens with zero attached hydrogens (tertiary/aromatic N) is 1. The van der Waals surface area contributed by atoms with E-state index < -0.39 is 6.03 Å². The number of hydrogen-bond donors (Lipinski definition) is 4. The van der Waals surface area contributed by atoms with E-state index in [2.05, 4.69) is 10.6 Å². The van der Waals surface area contributed by atoms with Crippen molar-refractivity contribution in [3.63, 3.8) is 0 Å². The van der Waals surface area contributed by atoms with Crippen molar-refractivity contribution in [3.05, 3.63) is 53.6 Å². The highest BCUT2D eigenvalue weighted by molar-refractivity contribution is 5.89. The first-order chi connectivity index (χ1) is 10.1. The van der Waals surface area contributed by atoms with E-state index in [4.69, 9.17) is 11.0 Å². The molecule has 6 heteroatoms. The molecule has 2 amide bonds. The number of amides is 2. The van der Waals surface area contributed by atoms with Crippen LogP contribution in [0.2, 0.25) is 0 Å². The van der Waals surface area contributed by atoms with Crippen molar-refractivity contribution < 1.29 is 9.90 Å². The Morgan fingerprint density at radius 2 is 2.10 bits per heavy atom. The summed E-state index contributed by atoms with van der Waals surface area (Å²) in [6.07, 6.45) is 0. The van der Waals surface area contributed by atoms with Gasteiger partial charge in [0.05, 0.1) is 11.6 Å². The van der Waals surface area contributed by atoms with E-state index in [9.17, 15) is 9.90 Å². The van der Waals surface area contributed by atoms with Gasteiger partial charge in [-0.25, -0.2) is 4.79 Å². The Morgan fingerprint density at radius 1 is 1.29 bits per heavy atom. The fourth-order valence-electron chi connectivity index (χ4n) is 1.76. The topological polar surface area (TPSA) is 111 Å². The second-order valence-corrected chi connectivity index (χ2v) is 4.39. The molecule has 0 aromatic heterocycles. The van der Waals surface area contributed by atoms with Gasteiger partial charge in [0.25, 0.3) is 0 Å². The summed E-state index contributed by atoms with van der Waals surface area (Å²) in [7, 11) is 0. The molecular weight excluding hydrogens is 268 g/mol. The third-order valence-corrected chi connectivity index (χ3v) is 2.79. The molecule has 21 heavy (non-hydrogen) atoms. The van der Waals surface area contributed by atoms with Gasteiger partial charge >= 0.3 is 6.03 Å². The molecule has 2 aromatic rings. The first-order valence-electron chi connectivity index (χ1n) is 6.21.